The first kappa shape index (κ1) is 96.5. The molecule has 6 saturated carbocycles. The molecule has 6 aliphatic carbocycles. The van der Waals surface area contributed by atoms with Gasteiger partial charge in [0, 0.05) is 63.9 Å². The third-order valence-corrected chi connectivity index (χ3v) is 37.9. The Morgan fingerprint density at radius 2 is 0.241 bits per heavy atom. The molecule has 0 radical (unpaired) electrons. The molecule has 7 rings (SSSR count). The van der Waals surface area contributed by atoms with Crippen molar-refractivity contribution in [2.75, 3.05) is 34.5 Å². The fourth-order valence-electron chi connectivity index (χ4n) is 21.1. The maximum atomic E-state index is 2.49. The Balaban J connectivity index is 1.21. The van der Waals surface area contributed by atoms with Crippen molar-refractivity contribution in [1.29, 1.82) is 0 Å². The lowest BCUT2D eigenvalue weighted by atomic mass is 9.80. The molecule has 0 heterocycles. The highest BCUT2D eigenvalue weighted by atomic mass is 32.2. The van der Waals surface area contributed by atoms with E-state index >= 15 is 0 Å². The summed E-state index contributed by atoms with van der Waals surface area (Å²) in [5, 5.41) is 0. The summed E-state index contributed by atoms with van der Waals surface area (Å²) in [6, 6.07) is 0. The van der Waals surface area contributed by atoms with E-state index in [4.69, 9.17) is 0 Å². The number of unbranched alkanes of at least 4 members (excludes halogenated alkanes) is 36. The lowest BCUT2D eigenvalue weighted by Crippen LogP contribution is -2.18. The average Bonchev–Trinajstić information content (AvgIpc) is 0.762. The minimum Gasteiger partial charge on any atom is -0.123 e. The summed E-state index contributed by atoms with van der Waals surface area (Å²) in [5.74, 6) is 19.4. The molecule has 0 aliphatic heterocycles. The summed E-state index contributed by atoms with van der Waals surface area (Å²) in [6.45, 7) is 14.2. The molecule has 1 aromatic rings. The SMILES string of the molecule is CCCCCCCCCC1CCC(CSc2c(SCC3CCC(CCCCCCCCC)CC3)c(SCC3CCC(CCCCCCCCC)CC3)c(SCC3CCC(CCCCCCCCC)CC3)c(SCC3CCC(CCCCCCCCC)CC3)c2SCC2CCC(CCCCCCCCC)CC2)CC1. The van der Waals surface area contributed by atoms with Crippen molar-refractivity contribution in [3.63, 3.8) is 0 Å². The van der Waals surface area contributed by atoms with Gasteiger partial charge in [-0.2, -0.15) is 0 Å². The second kappa shape index (κ2) is 64.3. The zero-order chi connectivity index (χ0) is 75.8. The summed E-state index contributed by atoms with van der Waals surface area (Å²) < 4.78 is 0. The van der Waals surface area contributed by atoms with E-state index in [0.29, 0.717) is 0 Å². The van der Waals surface area contributed by atoms with Crippen molar-refractivity contribution in [3.05, 3.63) is 0 Å². The largest absolute Gasteiger partial charge is 0.123 e. The van der Waals surface area contributed by atoms with Crippen molar-refractivity contribution in [2.45, 2.75) is 533 Å². The highest BCUT2D eigenvalue weighted by molar-refractivity contribution is 8.06. The number of rotatable bonds is 66. The predicted octanol–water partition coefficient (Wildman–Crippen LogP) is 37.9. The molecular formula is C102H186S6. The van der Waals surface area contributed by atoms with E-state index in [2.05, 4.69) is 112 Å². The molecule has 0 saturated heterocycles. The number of hydrogen-bond donors (Lipinski definition) is 0. The van der Waals surface area contributed by atoms with Crippen molar-refractivity contribution >= 4 is 70.6 Å². The Hall–Kier alpha value is 1.32. The van der Waals surface area contributed by atoms with Crippen LogP contribution in [0.1, 0.15) is 504 Å². The van der Waals surface area contributed by atoms with E-state index < -0.39 is 0 Å². The number of thioether (sulfide) groups is 6. The van der Waals surface area contributed by atoms with E-state index in [1.165, 1.54) is 497 Å². The Morgan fingerprint density at radius 3 is 0.361 bits per heavy atom. The average molecular weight is 1610 g/mol. The molecule has 0 bridgehead atoms. The molecular weight excluding hydrogens is 1420 g/mol. The van der Waals surface area contributed by atoms with E-state index in [-0.39, 0.29) is 0 Å². The highest BCUT2D eigenvalue weighted by Gasteiger charge is 2.34. The normalized spacial score (nSPS) is 25.2. The van der Waals surface area contributed by atoms with Crippen molar-refractivity contribution < 1.29 is 0 Å². The molecule has 0 atom stereocenters. The van der Waals surface area contributed by atoms with Gasteiger partial charge < -0.3 is 0 Å². The Bertz CT molecular complexity index is 1780. The standard InChI is InChI=1S/C102H186S6/c1-7-13-19-25-31-37-43-49-85-55-67-91(68-56-85)79-103-97-98(104-80-92-69-57-86(58-70-92)50-44-38-32-26-20-14-8-2)100(106-82-94-73-61-88(62-74-94)52-46-40-34-28-22-16-10-4)102(108-84-96-77-65-90(66-78-96)54-48-42-36-30-24-18-12-6)101(107-83-95-75-63-89(64-76-95)53-47-41-35-29-23-17-11-5)99(97)105-81-93-71-59-87(60-72-93)51-45-39-33-27-21-15-9-3/h85-96H,7-84H2,1-6H3. The molecule has 0 nitrogen and oxygen atoms in total. The Morgan fingerprint density at radius 1 is 0.139 bits per heavy atom. The van der Waals surface area contributed by atoms with Gasteiger partial charge in [-0.05, 0) is 148 Å². The summed E-state index contributed by atoms with van der Waals surface area (Å²) in [4.78, 5) is 11.1. The van der Waals surface area contributed by atoms with Gasteiger partial charge in [0.1, 0.15) is 0 Å². The van der Waals surface area contributed by atoms with Crippen molar-refractivity contribution in [1.82, 2.24) is 0 Å². The topological polar surface area (TPSA) is 0 Å². The molecule has 6 fully saturated rings. The van der Waals surface area contributed by atoms with Crippen LogP contribution in [0.3, 0.4) is 0 Å². The lowest BCUT2D eigenvalue weighted by Gasteiger charge is -2.33. The quantitative estimate of drug-likeness (QED) is 0.0468. The van der Waals surface area contributed by atoms with Gasteiger partial charge in [-0.15, -0.1) is 70.6 Å². The minimum absolute atomic E-state index is 0.879. The van der Waals surface area contributed by atoms with Crippen LogP contribution in [0.15, 0.2) is 29.4 Å². The monoisotopic (exact) mass is 1600 g/mol. The fourth-order valence-corrected chi connectivity index (χ4v) is 30.8. The van der Waals surface area contributed by atoms with Crippen molar-refractivity contribution in [2.24, 2.45) is 71.0 Å². The number of benzene rings is 1. The summed E-state index contributed by atoms with van der Waals surface area (Å²) >= 11 is 15.0. The molecule has 0 amide bonds. The van der Waals surface area contributed by atoms with Gasteiger partial charge >= 0.3 is 0 Å². The molecule has 108 heavy (non-hydrogen) atoms. The molecule has 6 heteroatoms. The van der Waals surface area contributed by atoms with Gasteiger partial charge in [0.15, 0.2) is 0 Å². The Labute approximate surface area is 703 Å². The molecule has 0 aromatic heterocycles. The zero-order valence-electron chi connectivity index (χ0n) is 73.5. The second-order valence-corrected chi connectivity index (χ2v) is 44.8. The maximum absolute atomic E-state index is 2.49. The van der Waals surface area contributed by atoms with E-state index in [9.17, 15) is 0 Å². The van der Waals surface area contributed by atoms with Gasteiger partial charge in [-0.1, -0.05) is 427 Å². The van der Waals surface area contributed by atoms with Crippen LogP contribution in [0.25, 0.3) is 0 Å². The molecule has 0 unspecified atom stereocenters. The van der Waals surface area contributed by atoms with E-state index in [1.807, 2.05) is 29.4 Å². The van der Waals surface area contributed by atoms with Gasteiger partial charge in [0.2, 0.25) is 0 Å². The van der Waals surface area contributed by atoms with Crippen LogP contribution in [-0.2, 0) is 0 Å². The van der Waals surface area contributed by atoms with Crippen LogP contribution in [0.2, 0.25) is 0 Å². The van der Waals surface area contributed by atoms with Crippen LogP contribution < -0.4 is 0 Å². The first-order valence-electron chi connectivity index (χ1n) is 50.4. The van der Waals surface area contributed by atoms with E-state index in [0.717, 1.165) is 71.0 Å². The first-order valence-corrected chi connectivity index (χ1v) is 56.3. The van der Waals surface area contributed by atoms with Gasteiger partial charge in [-0.25, -0.2) is 0 Å². The summed E-state index contributed by atoms with van der Waals surface area (Å²) in [5.41, 5.74) is 0. The fraction of sp³-hybridized carbons (Fsp3) is 0.941. The third kappa shape index (κ3) is 42.3. The van der Waals surface area contributed by atoms with Crippen LogP contribution in [0, 0.1) is 71.0 Å². The molecule has 630 valence electrons. The molecule has 0 N–H and O–H groups in total. The van der Waals surface area contributed by atoms with Crippen LogP contribution in [0.4, 0.5) is 0 Å². The third-order valence-electron chi connectivity index (χ3n) is 29.1. The smallest absolute Gasteiger partial charge is 0.0368 e. The lowest BCUT2D eigenvalue weighted by molar-refractivity contribution is 0.274. The Kier molecular flexibility index (Phi) is 57.4. The van der Waals surface area contributed by atoms with Gasteiger partial charge in [-0.3, -0.25) is 0 Å². The summed E-state index contributed by atoms with van der Waals surface area (Å²) in [7, 11) is 0. The summed E-state index contributed by atoms with van der Waals surface area (Å²) in [6.07, 6.45) is 106. The predicted molar refractivity (Wildman–Crippen MR) is 499 cm³/mol. The van der Waals surface area contributed by atoms with Gasteiger partial charge in [0.05, 0.1) is 0 Å². The first-order chi connectivity index (χ1) is 53.4. The zero-order valence-corrected chi connectivity index (χ0v) is 78.4. The van der Waals surface area contributed by atoms with Gasteiger partial charge in [0.25, 0.3) is 0 Å². The molecule has 0 spiro atoms. The van der Waals surface area contributed by atoms with Crippen LogP contribution in [0.5, 0.6) is 0 Å². The second-order valence-electron chi connectivity index (χ2n) is 38.6. The molecule has 6 aliphatic rings. The highest BCUT2D eigenvalue weighted by Crippen LogP contribution is 2.58. The number of hydrogen-bond acceptors (Lipinski definition) is 6. The minimum atomic E-state index is 0.879. The van der Waals surface area contributed by atoms with E-state index in [1.54, 1.807) is 0 Å². The maximum Gasteiger partial charge on any atom is 0.0368 e. The van der Waals surface area contributed by atoms with Crippen LogP contribution >= 0.6 is 70.6 Å². The van der Waals surface area contributed by atoms with Crippen molar-refractivity contribution in [3.8, 4) is 0 Å². The molecule has 1 aromatic carbocycles. The van der Waals surface area contributed by atoms with Crippen LogP contribution in [-0.4, -0.2) is 34.5 Å².